The van der Waals surface area contributed by atoms with E-state index in [1.165, 1.54) is 0 Å². The first-order valence-electron chi connectivity index (χ1n) is 7.96. The third-order valence-electron chi connectivity index (χ3n) is 4.55. The van der Waals surface area contributed by atoms with Crippen molar-refractivity contribution in [1.29, 1.82) is 0 Å². The van der Waals surface area contributed by atoms with E-state index in [0.29, 0.717) is 12.8 Å². The Labute approximate surface area is 132 Å². The van der Waals surface area contributed by atoms with Crippen LogP contribution in [0.25, 0.3) is 0 Å². The molecule has 0 bridgehead atoms. The van der Waals surface area contributed by atoms with Crippen LogP contribution in [0.15, 0.2) is 11.8 Å². The molecule has 2 aliphatic rings. The summed E-state index contributed by atoms with van der Waals surface area (Å²) in [6.45, 7) is 5.62. The van der Waals surface area contributed by atoms with Crippen LogP contribution in [0.3, 0.4) is 0 Å². The molecule has 2 aliphatic carbocycles. The zero-order chi connectivity index (χ0) is 16.4. The molecule has 128 valence electrons. The van der Waals surface area contributed by atoms with Gasteiger partial charge in [0.15, 0.2) is 0 Å². The smallest absolute Gasteiger partial charge is 0.406 e. The van der Waals surface area contributed by atoms with Gasteiger partial charge < -0.3 is 14.7 Å². The van der Waals surface area contributed by atoms with Crippen LogP contribution in [-0.4, -0.2) is 35.6 Å². The Balaban J connectivity index is 2.34. The van der Waals surface area contributed by atoms with Gasteiger partial charge in [-0.1, -0.05) is 6.92 Å². The molecule has 7 heteroatoms. The molecule has 0 aromatic carbocycles. The first-order chi connectivity index (χ1) is 10.3. The average molecular weight is 334 g/mol. The topological polar surface area (TPSA) is 85.2 Å². The number of rotatable bonds is 7. The average Bonchev–Trinajstić information content (AvgIpc) is 2.81. The van der Waals surface area contributed by atoms with Crippen LogP contribution in [0.5, 0.6) is 0 Å². The van der Waals surface area contributed by atoms with E-state index in [4.69, 9.17) is 13.6 Å². The van der Waals surface area contributed by atoms with E-state index >= 15 is 0 Å². The van der Waals surface area contributed by atoms with E-state index in [0.717, 1.165) is 12.8 Å². The van der Waals surface area contributed by atoms with Crippen LogP contribution in [0.1, 0.15) is 46.5 Å². The van der Waals surface area contributed by atoms with Gasteiger partial charge in [0.1, 0.15) is 11.4 Å². The number of hydrogen-bond donors (Lipinski definition) is 2. The summed E-state index contributed by atoms with van der Waals surface area (Å²) in [6.07, 6.45) is 4.67. The molecule has 0 radical (unpaired) electrons. The highest BCUT2D eigenvalue weighted by Gasteiger charge is 2.53. The Hall–Kier alpha value is -0.390. The van der Waals surface area contributed by atoms with E-state index in [2.05, 4.69) is 0 Å². The van der Waals surface area contributed by atoms with Gasteiger partial charge in [0.25, 0.3) is 0 Å². The molecule has 2 N–H and O–H groups in total. The van der Waals surface area contributed by atoms with E-state index < -0.39 is 18.8 Å². The van der Waals surface area contributed by atoms with Crippen LogP contribution < -0.4 is 0 Å². The van der Waals surface area contributed by atoms with Gasteiger partial charge in [0.2, 0.25) is 0 Å². The Morgan fingerprint density at radius 1 is 1.36 bits per heavy atom. The summed E-state index contributed by atoms with van der Waals surface area (Å²) in [6, 6.07) is 0. The minimum atomic E-state index is -3.76. The van der Waals surface area contributed by atoms with Crippen molar-refractivity contribution in [1.82, 2.24) is 0 Å². The highest BCUT2D eigenvalue weighted by atomic mass is 31.2. The standard InChI is InChI=1S/C15H27O6P/c1-4-19-22(18,20-5-2)21-13-10-14(3,11-16)9-12-7-6-8-15(12,13)17/h10,12,16-17H,4-9,11H2,1-3H3/t12-,14?,15-/m1/s1. The lowest BCUT2D eigenvalue weighted by Crippen LogP contribution is -2.44. The Morgan fingerprint density at radius 2 is 2.00 bits per heavy atom. The zero-order valence-electron chi connectivity index (χ0n) is 13.6. The number of hydrogen-bond acceptors (Lipinski definition) is 6. The van der Waals surface area contributed by atoms with Crippen molar-refractivity contribution in [3.8, 4) is 0 Å². The predicted octanol–water partition coefficient (Wildman–Crippen LogP) is 3.00. The number of aliphatic hydroxyl groups excluding tert-OH is 1. The Bertz CT molecular complexity index is 469. The van der Waals surface area contributed by atoms with Crippen LogP contribution in [0, 0.1) is 11.3 Å². The molecule has 0 aromatic heterocycles. The summed E-state index contributed by atoms with van der Waals surface area (Å²) in [5.74, 6) is 0.212. The zero-order valence-corrected chi connectivity index (χ0v) is 14.5. The molecule has 0 amide bonds. The summed E-state index contributed by atoms with van der Waals surface area (Å²) in [7, 11) is -3.76. The number of fused-ring (bicyclic) bond motifs is 1. The molecule has 2 rings (SSSR count). The molecular weight excluding hydrogens is 307 g/mol. The van der Waals surface area contributed by atoms with Gasteiger partial charge in [-0.05, 0) is 51.5 Å². The molecule has 0 saturated heterocycles. The third-order valence-corrected chi connectivity index (χ3v) is 6.12. The van der Waals surface area contributed by atoms with Gasteiger partial charge >= 0.3 is 7.82 Å². The lowest BCUT2D eigenvalue weighted by molar-refractivity contribution is -0.0357. The summed E-state index contributed by atoms with van der Waals surface area (Å²) in [5.41, 5.74) is -1.64. The number of phosphoric ester groups is 1. The van der Waals surface area contributed by atoms with Crippen molar-refractivity contribution in [3.05, 3.63) is 11.8 Å². The molecule has 22 heavy (non-hydrogen) atoms. The maximum atomic E-state index is 12.6. The second-order valence-electron chi connectivity index (χ2n) is 6.41. The quantitative estimate of drug-likeness (QED) is 0.696. The van der Waals surface area contributed by atoms with Gasteiger partial charge in [0, 0.05) is 5.41 Å². The van der Waals surface area contributed by atoms with Crippen molar-refractivity contribution in [2.45, 2.75) is 52.1 Å². The molecule has 1 fully saturated rings. The lowest BCUT2D eigenvalue weighted by atomic mass is 9.69. The normalized spacial score (nSPS) is 35.1. The first-order valence-corrected chi connectivity index (χ1v) is 9.42. The van der Waals surface area contributed by atoms with E-state index in [9.17, 15) is 14.8 Å². The predicted molar refractivity (Wildman–Crippen MR) is 82.1 cm³/mol. The third kappa shape index (κ3) is 3.41. The fourth-order valence-corrected chi connectivity index (χ4v) is 4.73. The summed E-state index contributed by atoms with van der Waals surface area (Å²) in [5, 5.41) is 20.7. The Morgan fingerprint density at radius 3 is 2.55 bits per heavy atom. The van der Waals surface area contributed by atoms with Crippen molar-refractivity contribution in [2.24, 2.45) is 11.3 Å². The highest BCUT2D eigenvalue weighted by Crippen LogP contribution is 2.58. The minimum absolute atomic E-state index is 0.0126. The second kappa shape index (κ2) is 6.62. The molecule has 0 heterocycles. The minimum Gasteiger partial charge on any atom is -0.406 e. The van der Waals surface area contributed by atoms with Gasteiger partial charge in [-0.3, -0.25) is 9.05 Å². The van der Waals surface area contributed by atoms with E-state index in [-0.39, 0.29) is 31.5 Å². The van der Waals surface area contributed by atoms with Crippen LogP contribution in [0.2, 0.25) is 0 Å². The highest BCUT2D eigenvalue weighted by molar-refractivity contribution is 7.48. The monoisotopic (exact) mass is 334 g/mol. The van der Waals surface area contributed by atoms with Crippen LogP contribution in [-0.2, 0) is 18.1 Å². The summed E-state index contributed by atoms with van der Waals surface area (Å²) >= 11 is 0. The largest absolute Gasteiger partial charge is 0.529 e. The first kappa shape index (κ1) is 18.0. The van der Waals surface area contributed by atoms with Gasteiger partial charge in [-0.2, -0.15) is 0 Å². The molecule has 3 atom stereocenters. The molecule has 0 aliphatic heterocycles. The van der Waals surface area contributed by atoms with Crippen molar-refractivity contribution in [2.75, 3.05) is 19.8 Å². The van der Waals surface area contributed by atoms with Crippen molar-refractivity contribution >= 4 is 7.82 Å². The maximum absolute atomic E-state index is 12.6. The van der Waals surface area contributed by atoms with Crippen molar-refractivity contribution in [3.63, 3.8) is 0 Å². The van der Waals surface area contributed by atoms with Gasteiger partial charge in [-0.25, -0.2) is 4.57 Å². The van der Waals surface area contributed by atoms with Crippen LogP contribution >= 0.6 is 7.82 Å². The molecule has 1 unspecified atom stereocenters. The maximum Gasteiger partial charge on any atom is 0.529 e. The van der Waals surface area contributed by atoms with E-state index in [1.807, 2.05) is 6.92 Å². The number of phosphoric acid groups is 1. The second-order valence-corrected chi connectivity index (χ2v) is 8.01. The number of aliphatic hydroxyl groups is 2. The lowest BCUT2D eigenvalue weighted by Gasteiger charge is -2.42. The fourth-order valence-electron chi connectivity index (χ4n) is 3.46. The van der Waals surface area contributed by atoms with Gasteiger partial charge in [0.05, 0.1) is 19.8 Å². The van der Waals surface area contributed by atoms with Crippen LogP contribution in [0.4, 0.5) is 0 Å². The summed E-state index contributed by atoms with van der Waals surface area (Å²) in [4.78, 5) is 0. The Kier molecular flexibility index (Phi) is 5.40. The SMILES string of the molecule is CCOP(=O)(OCC)OC1=CC(C)(CO)C[C@H]2CCC[C@]12O. The van der Waals surface area contributed by atoms with Crippen molar-refractivity contribution < 1.29 is 28.3 Å². The molecule has 6 nitrogen and oxygen atoms in total. The fraction of sp³-hybridized carbons (Fsp3) is 0.867. The van der Waals surface area contributed by atoms with Gasteiger partial charge in [-0.15, -0.1) is 0 Å². The molecule has 0 spiro atoms. The molecule has 0 aromatic rings. The summed E-state index contributed by atoms with van der Waals surface area (Å²) < 4.78 is 28.5. The molecule has 1 saturated carbocycles. The molecular formula is C15H27O6P. The van der Waals surface area contributed by atoms with E-state index in [1.54, 1.807) is 19.9 Å².